The zero-order valence-corrected chi connectivity index (χ0v) is 6.78. The first-order valence-electron chi connectivity index (χ1n) is 3.46. The van der Waals surface area contributed by atoms with Gasteiger partial charge in [0.1, 0.15) is 0 Å². The lowest BCUT2D eigenvalue weighted by molar-refractivity contribution is -0.139. The lowest BCUT2D eigenvalue weighted by atomic mass is 10.4. The fourth-order valence-electron chi connectivity index (χ4n) is 0.462. The second kappa shape index (κ2) is 6.22. The topological polar surface area (TPSA) is 30.5 Å². The van der Waals surface area contributed by atoms with Crippen LogP contribution in [0.2, 0.25) is 0 Å². The van der Waals surface area contributed by atoms with Crippen LogP contribution in [0, 0.1) is 0 Å². The molecule has 0 spiro atoms. The minimum atomic E-state index is -4.13. The molecule has 0 amide bonds. The van der Waals surface area contributed by atoms with E-state index in [0.29, 0.717) is 6.61 Å². The van der Waals surface area contributed by atoms with Gasteiger partial charge in [-0.1, -0.05) is 0 Å². The first kappa shape index (κ1) is 11.7. The van der Waals surface area contributed by atoms with Gasteiger partial charge >= 0.3 is 6.18 Å². The van der Waals surface area contributed by atoms with Crippen molar-refractivity contribution in [2.45, 2.75) is 12.6 Å². The Labute approximate surface area is 68.8 Å². The summed E-state index contributed by atoms with van der Waals surface area (Å²) in [5, 5.41) is 0. The molecule has 0 saturated heterocycles. The van der Waals surface area contributed by atoms with Crippen LogP contribution in [0.25, 0.3) is 0 Å². The lowest BCUT2D eigenvalue weighted by Crippen LogP contribution is -2.23. The van der Waals surface area contributed by atoms with Gasteiger partial charge in [0.15, 0.2) is 0 Å². The summed E-state index contributed by atoms with van der Waals surface area (Å²) < 4.78 is 39.1. The average molecular weight is 187 g/mol. The Morgan fingerprint density at radius 1 is 1.25 bits per heavy atom. The van der Waals surface area contributed by atoms with Gasteiger partial charge < -0.3 is 4.74 Å². The number of halogens is 3. The summed E-state index contributed by atoms with van der Waals surface area (Å²) in [5.74, 6) is 0. The highest BCUT2D eigenvalue weighted by Crippen LogP contribution is 2.17. The molecule has 0 rings (SSSR count). The van der Waals surface area contributed by atoms with E-state index in [4.69, 9.17) is 0 Å². The molecule has 0 aromatic heterocycles. The summed E-state index contributed by atoms with van der Waals surface area (Å²) in [5.41, 5.74) is 2.18. The molecule has 74 valence electrons. The van der Waals surface area contributed by atoms with E-state index in [0.717, 1.165) is 0 Å². The van der Waals surface area contributed by atoms with Gasteiger partial charge in [-0.2, -0.15) is 13.2 Å². The van der Waals surface area contributed by atoms with Crippen molar-refractivity contribution >= 4 is 0 Å². The number of alkyl halides is 3. The highest BCUT2D eigenvalue weighted by Gasteiger charge is 2.25. The second-order valence-corrected chi connectivity index (χ2v) is 2.10. The molecule has 12 heavy (non-hydrogen) atoms. The zero-order valence-electron chi connectivity index (χ0n) is 6.78. The van der Waals surface area contributed by atoms with Gasteiger partial charge in [0.2, 0.25) is 0 Å². The molecule has 3 nitrogen and oxygen atoms in total. The number of nitrogens with one attached hydrogen (secondary N) is 1. The second-order valence-electron chi connectivity index (χ2n) is 2.10. The standard InChI is InChI=1S/C6H12F3NO2/c1-11-4-5-12-10-3-2-6(7,8)9/h10H,2-5H2,1H3. The van der Waals surface area contributed by atoms with Crippen molar-refractivity contribution < 1.29 is 22.7 Å². The molecule has 0 aliphatic heterocycles. The first-order valence-corrected chi connectivity index (χ1v) is 3.46. The Balaban J connectivity index is 3.01. The van der Waals surface area contributed by atoms with Crippen molar-refractivity contribution in [1.82, 2.24) is 5.48 Å². The van der Waals surface area contributed by atoms with Crippen LogP contribution in [0.1, 0.15) is 6.42 Å². The monoisotopic (exact) mass is 187 g/mol. The van der Waals surface area contributed by atoms with E-state index < -0.39 is 12.6 Å². The quantitative estimate of drug-likeness (QED) is 0.499. The van der Waals surface area contributed by atoms with E-state index in [1.807, 2.05) is 0 Å². The predicted molar refractivity (Wildman–Crippen MR) is 36.5 cm³/mol. The minimum Gasteiger partial charge on any atom is -0.382 e. The Morgan fingerprint density at radius 2 is 1.92 bits per heavy atom. The van der Waals surface area contributed by atoms with Gasteiger partial charge in [-0.25, -0.2) is 5.48 Å². The molecule has 0 aromatic carbocycles. The molecule has 0 unspecified atom stereocenters. The van der Waals surface area contributed by atoms with Crippen molar-refractivity contribution in [2.24, 2.45) is 0 Å². The van der Waals surface area contributed by atoms with Crippen molar-refractivity contribution in [3.63, 3.8) is 0 Å². The van der Waals surface area contributed by atoms with Crippen molar-refractivity contribution in [3.05, 3.63) is 0 Å². The van der Waals surface area contributed by atoms with Gasteiger partial charge in [-0.15, -0.1) is 0 Å². The van der Waals surface area contributed by atoms with Crippen LogP contribution < -0.4 is 5.48 Å². The molecule has 0 heterocycles. The largest absolute Gasteiger partial charge is 0.390 e. The highest BCUT2D eigenvalue weighted by atomic mass is 19.4. The van der Waals surface area contributed by atoms with Gasteiger partial charge in [0.05, 0.1) is 19.6 Å². The van der Waals surface area contributed by atoms with Crippen LogP contribution in [-0.4, -0.2) is 33.0 Å². The number of hydrogen-bond acceptors (Lipinski definition) is 3. The fraction of sp³-hybridized carbons (Fsp3) is 1.00. The van der Waals surface area contributed by atoms with Crippen molar-refractivity contribution in [1.29, 1.82) is 0 Å². The summed E-state index contributed by atoms with van der Waals surface area (Å²) in [6.45, 7) is 0.376. The van der Waals surface area contributed by atoms with E-state index in [1.54, 1.807) is 0 Å². The van der Waals surface area contributed by atoms with E-state index in [-0.39, 0.29) is 13.2 Å². The highest BCUT2D eigenvalue weighted by molar-refractivity contribution is 4.49. The number of hydrogen-bond donors (Lipinski definition) is 1. The van der Waals surface area contributed by atoms with Gasteiger partial charge in [-0.05, 0) is 0 Å². The van der Waals surface area contributed by atoms with E-state index in [9.17, 15) is 13.2 Å². The molecule has 1 N–H and O–H groups in total. The summed E-state index contributed by atoms with van der Waals surface area (Å²) in [6.07, 6.45) is -5.02. The SMILES string of the molecule is COCCONCCC(F)(F)F. The summed E-state index contributed by atoms with van der Waals surface area (Å²) in [4.78, 5) is 4.59. The van der Waals surface area contributed by atoms with E-state index >= 15 is 0 Å². The minimum absolute atomic E-state index is 0.229. The van der Waals surface area contributed by atoms with Gasteiger partial charge in [0, 0.05) is 13.7 Å². The summed E-state index contributed by atoms with van der Waals surface area (Å²) in [6, 6.07) is 0. The Hall–Kier alpha value is -0.330. The molecule has 0 aliphatic rings. The molecular weight excluding hydrogens is 175 g/mol. The van der Waals surface area contributed by atoms with Crippen LogP contribution in [0.5, 0.6) is 0 Å². The van der Waals surface area contributed by atoms with E-state index in [2.05, 4.69) is 15.1 Å². The summed E-state index contributed by atoms with van der Waals surface area (Å²) in [7, 11) is 1.49. The first-order chi connectivity index (χ1) is 5.56. The smallest absolute Gasteiger partial charge is 0.382 e. The lowest BCUT2D eigenvalue weighted by Gasteiger charge is -2.07. The molecular formula is C6H12F3NO2. The Bertz CT molecular complexity index is 107. The predicted octanol–water partition coefficient (Wildman–Crippen LogP) is 1.11. The number of methoxy groups -OCH3 is 1. The maximum atomic E-state index is 11.5. The Kier molecular flexibility index (Phi) is 6.04. The average Bonchev–Trinajstić information content (AvgIpc) is 1.94. The van der Waals surface area contributed by atoms with Crippen LogP contribution in [0.4, 0.5) is 13.2 Å². The Morgan fingerprint density at radius 3 is 2.42 bits per heavy atom. The van der Waals surface area contributed by atoms with Gasteiger partial charge in [0.25, 0.3) is 0 Å². The number of ether oxygens (including phenoxy) is 1. The summed E-state index contributed by atoms with van der Waals surface area (Å²) >= 11 is 0. The molecule has 0 bridgehead atoms. The van der Waals surface area contributed by atoms with E-state index in [1.165, 1.54) is 7.11 Å². The zero-order chi connectivity index (χ0) is 9.45. The normalized spacial score (nSPS) is 12.0. The molecule has 0 aliphatic carbocycles. The molecule has 6 heteroatoms. The van der Waals surface area contributed by atoms with Crippen LogP contribution in [0.3, 0.4) is 0 Å². The number of rotatable bonds is 6. The van der Waals surface area contributed by atoms with Crippen molar-refractivity contribution in [3.8, 4) is 0 Å². The molecule has 0 atom stereocenters. The maximum Gasteiger partial charge on any atom is 0.390 e. The maximum absolute atomic E-state index is 11.5. The third-order valence-corrected chi connectivity index (χ3v) is 1.00. The van der Waals surface area contributed by atoms with Crippen molar-refractivity contribution in [2.75, 3.05) is 26.9 Å². The number of hydroxylamine groups is 1. The fourth-order valence-corrected chi connectivity index (χ4v) is 0.462. The van der Waals surface area contributed by atoms with Gasteiger partial charge in [-0.3, -0.25) is 4.84 Å². The van der Waals surface area contributed by atoms with Crippen LogP contribution >= 0.6 is 0 Å². The molecule has 0 saturated carbocycles. The third-order valence-electron chi connectivity index (χ3n) is 1.00. The third kappa shape index (κ3) is 9.67. The van der Waals surface area contributed by atoms with Crippen LogP contribution in [-0.2, 0) is 9.57 Å². The molecule has 0 aromatic rings. The van der Waals surface area contributed by atoms with Crippen LogP contribution in [0.15, 0.2) is 0 Å². The molecule has 0 radical (unpaired) electrons. The molecule has 0 fully saturated rings.